The largest absolute Gasteiger partial charge is 0.409 e. The highest BCUT2D eigenvalue weighted by atomic mass is 16.4. The predicted octanol–water partition coefficient (Wildman–Crippen LogP) is 0.558. The number of amidine groups is 1. The molecule has 0 aliphatic carbocycles. The van der Waals surface area contributed by atoms with Crippen LogP contribution in [0.5, 0.6) is 0 Å². The third kappa shape index (κ3) is 2.83. The van der Waals surface area contributed by atoms with Crippen molar-refractivity contribution in [1.82, 2.24) is 9.80 Å². The summed E-state index contributed by atoms with van der Waals surface area (Å²) < 4.78 is 0. The third-order valence-corrected chi connectivity index (χ3v) is 4.38. The number of hydrogen-bond acceptors (Lipinski definition) is 4. The molecule has 3 atom stereocenters. The molecule has 1 heterocycles. The summed E-state index contributed by atoms with van der Waals surface area (Å²) in [5.74, 6) is 0.356. The van der Waals surface area contributed by atoms with Gasteiger partial charge in [-0.2, -0.15) is 0 Å². The number of rotatable bonds is 4. The highest BCUT2D eigenvalue weighted by Gasteiger charge is 2.43. The van der Waals surface area contributed by atoms with Gasteiger partial charge in [0.05, 0.1) is 0 Å². The van der Waals surface area contributed by atoms with Crippen LogP contribution in [0, 0.1) is 11.3 Å². The van der Waals surface area contributed by atoms with Gasteiger partial charge in [-0.3, -0.25) is 4.79 Å². The van der Waals surface area contributed by atoms with E-state index in [1.54, 1.807) is 6.92 Å². The molecule has 1 fully saturated rings. The second kappa shape index (κ2) is 5.77. The molecule has 0 saturated carbocycles. The predicted molar refractivity (Wildman–Crippen MR) is 75.0 cm³/mol. The Morgan fingerprint density at radius 2 is 2.11 bits per heavy atom. The zero-order valence-corrected chi connectivity index (χ0v) is 12.6. The smallest absolute Gasteiger partial charge is 0.236 e. The molecule has 1 aliphatic heterocycles. The fourth-order valence-corrected chi connectivity index (χ4v) is 2.69. The number of nitrogens with two attached hydrogens (primary N) is 1. The molecule has 6 nitrogen and oxygen atoms in total. The average Bonchev–Trinajstić information content (AvgIpc) is 2.77. The van der Waals surface area contributed by atoms with Gasteiger partial charge in [-0.15, -0.1) is 0 Å². The molecule has 0 spiro atoms. The van der Waals surface area contributed by atoms with Crippen LogP contribution in [0.15, 0.2) is 5.16 Å². The molecule has 3 unspecified atom stereocenters. The Morgan fingerprint density at radius 3 is 2.47 bits per heavy atom. The molecular formula is C13H26N4O2. The van der Waals surface area contributed by atoms with Crippen molar-refractivity contribution in [2.24, 2.45) is 22.2 Å². The van der Waals surface area contributed by atoms with Crippen molar-refractivity contribution in [3.63, 3.8) is 0 Å². The van der Waals surface area contributed by atoms with Crippen LogP contribution in [0.1, 0.15) is 27.2 Å². The van der Waals surface area contributed by atoms with Gasteiger partial charge in [0.25, 0.3) is 0 Å². The molecule has 3 N–H and O–H groups in total. The molecule has 1 amide bonds. The summed E-state index contributed by atoms with van der Waals surface area (Å²) in [6.45, 7) is 7.17. The molecule has 1 aliphatic rings. The standard InChI is InChI=1S/C13H26N4O2/c1-6-13(3,11(14)15-19)12(18)17-7-9(2)10(8-17)16(4)5/h9-10,19H,6-8H2,1-5H3,(H2,14,15). The number of amides is 1. The molecule has 0 aromatic carbocycles. The number of hydrogen-bond donors (Lipinski definition) is 2. The first-order valence-electron chi connectivity index (χ1n) is 6.71. The molecule has 0 aromatic heterocycles. The van der Waals surface area contributed by atoms with Gasteiger partial charge in [0, 0.05) is 19.1 Å². The van der Waals surface area contributed by atoms with Crippen molar-refractivity contribution < 1.29 is 10.0 Å². The van der Waals surface area contributed by atoms with Crippen molar-refractivity contribution in [2.75, 3.05) is 27.2 Å². The van der Waals surface area contributed by atoms with E-state index >= 15 is 0 Å². The minimum absolute atomic E-state index is 0.0130. The minimum Gasteiger partial charge on any atom is -0.409 e. The maximum absolute atomic E-state index is 12.6. The van der Waals surface area contributed by atoms with E-state index in [1.165, 1.54) is 0 Å². The highest BCUT2D eigenvalue weighted by Crippen LogP contribution is 2.29. The lowest BCUT2D eigenvalue weighted by Gasteiger charge is -2.31. The molecular weight excluding hydrogens is 244 g/mol. The van der Waals surface area contributed by atoms with Crippen LogP contribution >= 0.6 is 0 Å². The average molecular weight is 270 g/mol. The van der Waals surface area contributed by atoms with E-state index in [0.29, 0.717) is 24.9 Å². The molecule has 0 bridgehead atoms. The number of likely N-dealkylation sites (tertiary alicyclic amines) is 1. The van der Waals surface area contributed by atoms with Crippen LogP contribution in [0.3, 0.4) is 0 Å². The summed E-state index contributed by atoms with van der Waals surface area (Å²) in [4.78, 5) is 16.6. The first kappa shape index (κ1) is 15.8. The Labute approximate surface area is 115 Å². The van der Waals surface area contributed by atoms with Crippen molar-refractivity contribution >= 4 is 11.7 Å². The molecule has 0 radical (unpaired) electrons. The lowest BCUT2D eigenvalue weighted by Crippen LogP contribution is -2.49. The summed E-state index contributed by atoms with van der Waals surface area (Å²) >= 11 is 0. The zero-order valence-electron chi connectivity index (χ0n) is 12.6. The summed E-state index contributed by atoms with van der Waals surface area (Å²) in [5, 5.41) is 11.9. The van der Waals surface area contributed by atoms with Gasteiger partial charge in [-0.1, -0.05) is 19.0 Å². The monoisotopic (exact) mass is 270 g/mol. The van der Waals surface area contributed by atoms with Gasteiger partial charge in [-0.25, -0.2) is 0 Å². The summed E-state index contributed by atoms with van der Waals surface area (Å²) in [7, 11) is 4.05. The van der Waals surface area contributed by atoms with Gasteiger partial charge in [0.1, 0.15) is 5.41 Å². The Morgan fingerprint density at radius 1 is 1.53 bits per heavy atom. The fourth-order valence-electron chi connectivity index (χ4n) is 2.69. The topological polar surface area (TPSA) is 82.2 Å². The van der Waals surface area contributed by atoms with Gasteiger partial charge in [-0.05, 0) is 33.4 Å². The van der Waals surface area contributed by atoms with Crippen LogP contribution in [0.4, 0.5) is 0 Å². The van der Waals surface area contributed by atoms with Gasteiger partial charge in [0.2, 0.25) is 5.91 Å². The normalized spacial score (nSPS) is 27.7. The van der Waals surface area contributed by atoms with Crippen molar-refractivity contribution in [3.8, 4) is 0 Å². The van der Waals surface area contributed by atoms with E-state index in [9.17, 15) is 4.79 Å². The van der Waals surface area contributed by atoms with Gasteiger partial charge >= 0.3 is 0 Å². The van der Waals surface area contributed by atoms with Crippen LogP contribution in [0.2, 0.25) is 0 Å². The summed E-state index contributed by atoms with van der Waals surface area (Å²) in [6, 6.07) is 0.359. The Balaban J connectivity index is 2.90. The number of carbonyl (C=O) groups is 1. The van der Waals surface area contributed by atoms with E-state index < -0.39 is 5.41 Å². The molecule has 19 heavy (non-hydrogen) atoms. The maximum Gasteiger partial charge on any atom is 0.236 e. The SMILES string of the molecule is CCC(C)(C(=O)N1CC(C)C(N(C)C)C1)C(N)=NO. The maximum atomic E-state index is 12.6. The highest BCUT2D eigenvalue weighted by molar-refractivity contribution is 6.06. The van der Waals surface area contributed by atoms with E-state index in [1.807, 2.05) is 25.9 Å². The Hall–Kier alpha value is -1.30. The van der Waals surface area contributed by atoms with Gasteiger partial charge in [0.15, 0.2) is 5.84 Å². The zero-order chi connectivity index (χ0) is 14.8. The van der Waals surface area contributed by atoms with Crippen molar-refractivity contribution in [1.29, 1.82) is 0 Å². The minimum atomic E-state index is -0.921. The molecule has 1 rings (SSSR count). The second-order valence-corrected chi connectivity index (χ2v) is 5.89. The molecule has 0 aromatic rings. The van der Waals surface area contributed by atoms with E-state index in [2.05, 4.69) is 17.0 Å². The summed E-state index contributed by atoms with van der Waals surface area (Å²) in [5.41, 5.74) is 4.78. The van der Waals surface area contributed by atoms with Crippen molar-refractivity contribution in [2.45, 2.75) is 33.2 Å². The van der Waals surface area contributed by atoms with Crippen LogP contribution in [-0.4, -0.2) is 60.0 Å². The van der Waals surface area contributed by atoms with Crippen molar-refractivity contribution in [3.05, 3.63) is 0 Å². The Kier molecular flexibility index (Phi) is 4.79. The lowest BCUT2D eigenvalue weighted by molar-refractivity contribution is -0.137. The Bertz CT molecular complexity index is 370. The number of nitrogens with zero attached hydrogens (tertiary/aromatic N) is 3. The van der Waals surface area contributed by atoms with Gasteiger partial charge < -0.3 is 20.7 Å². The first-order valence-corrected chi connectivity index (χ1v) is 6.71. The van der Waals surface area contributed by atoms with Crippen LogP contribution in [-0.2, 0) is 4.79 Å². The molecule has 6 heteroatoms. The van der Waals surface area contributed by atoms with Crippen LogP contribution < -0.4 is 5.73 Å². The number of oxime groups is 1. The van der Waals surface area contributed by atoms with Crippen LogP contribution in [0.25, 0.3) is 0 Å². The number of likely N-dealkylation sites (N-methyl/N-ethyl adjacent to an activating group) is 1. The van der Waals surface area contributed by atoms with E-state index in [-0.39, 0.29) is 11.7 Å². The summed E-state index contributed by atoms with van der Waals surface area (Å²) in [6.07, 6.45) is 0.513. The quantitative estimate of drug-likeness (QED) is 0.338. The third-order valence-electron chi connectivity index (χ3n) is 4.38. The second-order valence-electron chi connectivity index (χ2n) is 5.89. The molecule has 1 saturated heterocycles. The van der Waals surface area contributed by atoms with E-state index in [4.69, 9.17) is 10.9 Å². The lowest BCUT2D eigenvalue weighted by atomic mass is 9.84. The fraction of sp³-hybridized carbons (Fsp3) is 0.846. The first-order chi connectivity index (χ1) is 8.77. The number of carbonyl (C=O) groups excluding carboxylic acids is 1. The molecule has 110 valence electrons. The van der Waals surface area contributed by atoms with E-state index in [0.717, 1.165) is 6.54 Å².